The highest BCUT2D eigenvalue weighted by Gasteiger charge is 2.34. The third-order valence-electron chi connectivity index (χ3n) is 4.23. The summed E-state index contributed by atoms with van der Waals surface area (Å²) in [5, 5.41) is 12.9. The van der Waals surface area contributed by atoms with Crippen molar-refractivity contribution in [1.82, 2.24) is 4.90 Å². The number of aliphatic hydroxyl groups excluding tert-OH is 1. The molecular weight excluding hydrogens is 323 g/mol. The van der Waals surface area contributed by atoms with Gasteiger partial charge in [0.05, 0.1) is 12.6 Å². The van der Waals surface area contributed by atoms with Crippen LogP contribution in [0, 0.1) is 5.82 Å². The number of nitrogens with zero attached hydrogens (tertiary/aromatic N) is 1. The molecule has 3 rings (SSSR count). The van der Waals surface area contributed by atoms with Crippen molar-refractivity contribution < 1.29 is 19.1 Å². The van der Waals surface area contributed by atoms with E-state index >= 15 is 0 Å². The number of rotatable bonds is 7. The van der Waals surface area contributed by atoms with Crippen molar-refractivity contribution in [3.8, 4) is 0 Å². The van der Waals surface area contributed by atoms with Crippen LogP contribution in [0.5, 0.6) is 0 Å². The van der Waals surface area contributed by atoms with Crippen LogP contribution in [0.25, 0.3) is 0 Å². The Labute approximate surface area is 145 Å². The predicted octanol–water partition coefficient (Wildman–Crippen LogP) is 2.73. The van der Waals surface area contributed by atoms with Gasteiger partial charge < -0.3 is 15.3 Å². The molecule has 1 unspecified atom stereocenters. The number of nitrogens with one attached hydrogen (secondary N) is 1. The van der Waals surface area contributed by atoms with Crippen LogP contribution < -0.4 is 5.32 Å². The molecule has 2 N–H and O–H groups in total. The maximum Gasteiger partial charge on any atom is 0.254 e. The first-order valence-electron chi connectivity index (χ1n) is 8.13. The lowest BCUT2D eigenvalue weighted by atomic mass is 10.1. The Morgan fingerprint density at radius 2 is 1.84 bits per heavy atom. The molecule has 2 aromatic carbocycles. The number of hydrogen-bond donors (Lipinski definition) is 2. The predicted molar refractivity (Wildman–Crippen MR) is 91.5 cm³/mol. The van der Waals surface area contributed by atoms with Gasteiger partial charge in [0.15, 0.2) is 0 Å². The first-order chi connectivity index (χ1) is 12.1. The molecule has 0 heterocycles. The van der Waals surface area contributed by atoms with Gasteiger partial charge in [-0.05, 0) is 54.8 Å². The number of anilines is 1. The molecule has 0 spiro atoms. The van der Waals surface area contributed by atoms with Crippen molar-refractivity contribution in [3.05, 3.63) is 65.5 Å². The van der Waals surface area contributed by atoms with Gasteiger partial charge in [0.25, 0.3) is 5.91 Å². The van der Waals surface area contributed by atoms with E-state index in [1.807, 2.05) is 0 Å². The van der Waals surface area contributed by atoms with Gasteiger partial charge in [0.2, 0.25) is 6.41 Å². The Kier molecular flexibility index (Phi) is 5.09. The number of carbonyl (C=O) groups is 2. The third kappa shape index (κ3) is 4.22. The van der Waals surface area contributed by atoms with Crippen LogP contribution in [0.15, 0.2) is 48.5 Å². The monoisotopic (exact) mass is 342 g/mol. The number of halogens is 1. The highest BCUT2D eigenvalue weighted by atomic mass is 19.1. The van der Waals surface area contributed by atoms with Crippen molar-refractivity contribution in [2.24, 2.45) is 0 Å². The molecule has 0 aliphatic heterocycles. The molecule has 0 bridgehead atoms. The molecule has 5 nitrogen and oxygen atoms in total. The van der Waals surface area contributed by atoms with Gasteiger partial charge in [-0.25, -0.2) is 4.39 Å². The summed E-state index contributed by atoms with van der Waals surface area (Å²) >= 11 is 0. The van der Waals surface area contributed by atoms with E-state index in [9.17, 15) is 19.1 Å². The topological polar surface area (TPSA) is 69.6 Å². The standard InChI is InChI=1S/C19H19FN2O3/c20-15-5-1-13(2-6-15)18(24)11-22(17-9-10-17)19(25)14-3-7-16(8-4-14)21-12-23/h1-8,12,17-18,24H,9-11H2,(H,21,23). The van der Waals surface area contributed by atoms with Crippen LogP contribution in [0.4, 0.5) is 10.1 Å². The second-order valence-corrected chi connectivity index (χ2v) is 6.10. The fraction of sp³-hybridized carbons (Fsp3) is 0.263. The molecule has 2 aromatic rings. The van der Waals surface area contributed by atoms with Crippen LogP contribution in [-0.4, -0.2) is 34.9 Å². The summed E-state index contributed by atoms with van der Waals surface area (Å²) in [7, 11) is 0. The molecule has 1 aliphatic rings. The van der Waals surface area contributed by atoms with Gasteiger partial charge in [0.1, 0.15) is 5.82 Å². The van der Waals surface area contributed by atoms with E-state index in [4.69, 9.17) is 0 Å². The van der Waals surface area contributed by atoms with Gasteiger partial charge in [-0.3, -0.25) is 9.59 Å². The van der Waals surface area contributed by atoms with Crippen LogP contribution >= 0.6 is 0 Å². The lowest BCUT2D eigenvalue weighted by Gasteiger charge is -2.25. The van der Waals surface area contributed by atoms with Crippen LogP contribution in [0.1, 0.15) is 34.9 Å². The van der Waals surface area contributed by atoms with Crippen LogP contribution in [0.3, 0.4) is 0 Å². The van der Waals surface area contributed by atoms with E-state index in [2.05, 4.69) is 5.32 Å². The molecule has 0 radical (unpaired) electrons. The number of hydrogen-bond acceptors (Lipinski definition) is 3. The minimum absolute atomic E-state index is 0.121. The summed E-state index contributed by atoms with van der Waals surface area (Å²) < 4.78 is 13.0. The summed E-state index contributed by atoms with van der Waals surface area (Å²) in [6, 6.07) is 12.4. The van der Waals surface area contributed by atoms with E-state index in [0.717, 1.165) is 12.8 Å². The van der Waals surface area contributed by atoms with Gasteiger partial charge in [-0.2, -0.15) is 0 Å². The number of aliphatic hydroxyl groups is 1. The Morgan fingerprint density at radius 3 is 2.40 bits per heavy atom. The highest BCUT2D eigenvalue weighted by molar-refractivity contribution is 5.95. The maximum atomic E-state index is 13.0. The van der Waals surface area contributed by atoms with Crippen molar-refractivity contribution in [2.75, 3.05) is 11.9 Å². The summed E-state index contributed by atoms with van der Waals surface area (Å²) in [5.41, 5.74) is 1.68. The Hall–Kier alpha value is -2.73. The zero-order chi connectivity index (χ0) is 17.8. The molecule has 0 saturated heterocycles. The lowest BCUT2D eigenvalue weighted by molar-refractivity contribution is -0.105. The second-order valence-electron chi connectivity index (χ2n) is 6.10. The maximum absolute atomic E-state index is 13.0. The number of benzene rings is 2. The molecule has 1 aliphatic carbocycles. The largest absolute Gasteiger partial charge is 0.387 e. The highest BCUT2D eigenvalue weighted by Crippen LogP contribution is 2.30. The smallest absolute Gasteiger partial charge is 0.254 e. The van der Waals surface area contributed by atoms with Gasteiger partial charge in [-0.15, -0.1) is 0 Å². The summed E-state index contributed by atoms with van der Waals surface area (Å²) in [6.45, 7) is 0.156. The van der Waals surface area contributed by atoms with E-state index in [-0.39, 0.29) is 24.3 Å². The van der Waals surface area contributed by atoms with E-state index < -0.39 is 6.10 Å². The minimum Gasteiger partial charge on any atom is -0.387 e. The molecular formula is C19H19FN2O3. The lowest BCUT2D eigenvalue weighted by Crippen LogP contribution is -2.36. The average Bonchev–Trinajstić information content (AvgIpc) is 3.45. The molecule has 25 heavy (non-hydrogen) atoms. The number of amides is 2. The zero-order valence-corrected chi connectivity index (χ0v) is 13.6. The van der Waals surface area contributed by atoms with Gasteiger partial charge in [-0.1, -0.05) is 12.1 Å². The Morgan fingerprint density at radius 1 is 1.20 bits per heavy atom. The fourth-order valence-electron chi connectivity index (χ4n) is 2.70. The van der Waals surface area contributed by atoms with Crippen LogP contribution in [-0.2, 0) is 4.79 Å². The van der Waals surface area contributed by atoms with E-state index in [1.165, 1.54) is 24.3 Å². The fourth-order valence-corrected chi connectivity index (χ4v) is 2.70. The second kappa shape index (κ2) is 7.44. The first kappa shape index (κ1) is 17.1. The SMILES string of the molecule is O=CNc1ccc(C(=O)N(CC(O)c2ccc(F)cc2)C2CC2)cc1. The van der Waals surface area contributed by atoms with Crippen molar-refractivity contribution in [2.45, 2.75) is 25.0 Å². The van der Waals surface area contributed by atoms with E-state index in [1.54, 1.807) is 29.2 Å². The van der Waals surface area contributed by atoms with Crippen molar-refractivity contribution in [1.29, 1.82) is 0 Å². The molecule has 0 aromatic heterocycles. The minimum atomic E-state index is -0.874. The number of carbonyl (C=O) groups excluding carboxylic acids is 2. The normalized spacial score (nSPS) is 14.6. The van der Waals surface area contributed by atoms with Crippen molar-refractivity contribution in [3.63, 3.8) is 0 Å². The average molecular weight is 342 g/mol. The Balaban J connectivity index is 1.73. The van der Waals surface area contributed by atoms with Crippen LogP contribution in [0.2, 0.25) is 0 Å². The molecule has 2 amide bonds. The third-order valence-corrected chi connectivity index (χ3v) is 4.23. The molecule has 6 heteroatoms. The summed E-state index contributed by atoms with van der Waals surface area (Å²) in [6.07, 6.45) is 1.52. The molecule has 1 fully saturated rings. The van der Waals surface area contributed by atoms with E-state index in [0.29, 0.717) is 23.2 Å². The zero-order valence-electron chi connectivity index (χ0n) is 13.6. The summed E-state index contributed by atoms with van der Waals surface area (Å²) in [4.78, 5) is 24.9. The van der Waals surface area contributed by atoms with Gasteiger partial charge >= 0.3 is 0 Å². The Bertz CT molecular complexity index is 742. The molecule has 1 atom stereocenters. The molecule has 1 saturated carbocycles. The summed E-state index contributed by atoms with van der Waals surface area (Å²) in [5.74, 6) is -0.531. The van der Waals surface area contributed by atoms with Gasteiger partial charge in [0, 0.05) is 17.3 Å². The van der Waals surface area contributed by atoms with Crippen molar-refractivity contribution >= 4 is 18.0 Å². The first-order valence-corrected chi connectivity index (χ1v) is 8.13. The molecule has 130 valence electrons. The quantitative estimate of drug-likeness (QED) is 0.760.